The van der Waals surface area contributed by atoms with Crippen molar-refractivity contribution in [1.82, 2.24) is 5.43 Å². The number of amides is 1. The van der Waals surface area contributed by atoms with Crippen molar-refractivity contribution in [3.63, 3.8) is 0 Å². The summed E-state index contributed by atoms with van der Waals surface area (Å²) in [6.45, 7) is 0. The highest BCUT2D eigenvalue weighted by Gasteiger charge is 2.34. The first-order valence-electron chi connectivity index (χ1n) is 5.01. The maximum Gasteiger partial charge on any atom is 0.240 e. The van der Waals surface area contributed by atoms with E-state index in [1.165, 1.54) is 11.3 Å². The number of fused-ring (bicyclic) bond motifs is 3. The van der Waals surface area contributed by atoms with Crippen LogP contribution in [0.15, 0.2) is 24.3 Å². The average Bonchev–Trinajstić information content (AvgIpc) is 2.59. The van der Waals surface area contributed by atoms with Crippen LogP contribution in [-0.2, 0) is 11.2 Å². The smallest absolute Gasteiger partial charge is 0.240 e. The first-order valence-corrected chi connectivity index (χ1v) is 5.01. The predicted molar refractivity (Wildman–Crippen MR) is 53.8 cm³/mol. The quantitative estimate of drug-likeness (QED) is 0.664. The lowest BCUT2D eigenvalue weighted by Crippen LogP contribution is -2.41. The predicted octanol–water partition coefficient (Wildman–Crippen LogP) is 1.24. The maximum atomic E-state index is 11.3. The second-order valence-electron chi connectivity index (χ2n) is 3.93. The molecule has 1 atom stereocenters. The molecule has 1 amide bonds. The van der Waals surface area contributed by atoms with Crippen LogP contribution < -0.4 is 10.4 Å². The van der Waals surface area contributed by atoms with E-state index in [4.69, 9.17) is 0 Å². The van der Waals surface area contributed by atoms with Crippen molar-refractivity contribution in [1.29, 1.82) is 0 Å². The standard InChI is InChI=1S/C11H12N2O/c14-11-7-9-6-5-8-3-1-2-4-10(8)13(9)12-11/h1-4,9H,5-7H2,(H,12,14). The molecule has 2 heterocycles. The van der Waals surface area contributed by atoms with Gasteiger partial charge in [-0.05, 0) is 24.5 Å². The molecule has 2 aliphatic heterocycles. The number of carbonyl (C=O) groups is 1. The second kappa shape index (κ2) is 2.74. The molecule has 1 fully saturated rings. The largest absolute Gasteiger partial charge is 0.282 e. The minimum absolute atomic E-state index is 0.145. The number of anilines is 1. The number of aryl methyl sites for hydroxylation is 1. The minimum Gasteiger partial charge on any atom is -0.282 e. The van der Waals surface area contributed by atoms with Gasteiger partial charge in [-0.2, -0.15) is 0 Å². The maximum absolute atomic E-state index is 11.3. The van der Waals surface area contributed by atoms with E-state index in [0.717, 1.165) is 12.8 Å². The van der Waals surface area contributed by atoms with Gasteiger partial charge in [-0.1, -0.05) is 18.2 Å². The van der Waals surface area contributed by atoms with Gasteiger partial charge < -0.3 is 0 Å². The van der Waals surface area contributed by atoms with E-state index >= 15 is 0 Å². The Morgan fingerprint density at radius 1 is 1.36 bits per heavy atom. The third-order valence-corrected chi connectivity index (χ3v) is 3.03. The fourth-order valence-electron chi connectivity index (χ4n) is 2.34. The average molecular weight is 188 g/mol. The van der Waals surface area contributed by atoms with Crippen LogP contribution in [0.25, 0.3) is 0 Å². The number of rotatable bonds is 0. The van der Waals surface area contributed by atoms with E-state index in [9.17, 15) is 4.79 Å². The number of hydrogen-bond acceptors (Lipinski definition) is 2. The molecule has 3 heteroatoms. The number of hydrogen-bond donors (Lipinski definition) is 1. The Balaban J connectivity index is 2.05. The van der Waals surface area contributed by atoms with Crippen LogP contribution >= 0.6 is 0 Å². The molecule has 2 aliphatic rings. The number of nitrogens with zero attached hydrogens (tertiary/aromatic N) is 1. The Morgan fingerprint density at radius 3 is 3.14 bits per heavy atom. The lowest BCUT2D eigenvalue weighted by molar-refractivity contribution is -0.119. The van der Waals surface area contributed by atoms with Crippen LogP contribution in [0.2, 0.25) is 0 Å². The number of para-hydroxylation sites is 1. The van der Waals surface area contributed by atoms with E-state index in [1.807, 2.05) is 11.1 Å². The van der Waals surface area contributed by atoms with Crippen LogP contribution in [0.4, 0.5) is 5.69 Å². The minimum atomic E-state index is 0.145. The van der Waals surface area contributed by atoms with E-state index < -0.39 is 0 Å². The highest BCUT2D eigenvalue weighted by molar-refractivity contribution is 5.83. The summed E-state index contributed by atoms with van der Waals surface area (Å²) in [5.74, 6) is 0.145. The zero-order chi connectivity index (χ0) is 9.54. The van der Waals surface area contributed by atoms with E-state index in [1.54, 1.807) is 0 Å². The van der Waals surface area contributed by atoms with Gasteiger partial charge in [0.25, 0.3) is 0 Å². The molecule has 1 saturated heterocycles. The van der Waals surface area contributed by atoms with Crippen LogP contribution in [0.1, 0.15) is 18.4 Å². The molecular formula is C11H12N2O. The number of nitrogens with one attached hydrogen (secondary N) is 1. The van der Waals surface area contributed by atoms with Gasteiger partial charge in [0.2, 0.25) is 5.91 Å². The topological polar surface area (TPSA) is 32.3 Å². The second-order valence-corrected chi connectivity index (χ2v) is 3.93. The van der Waals surface area contributed by atoms with Gasteiger partial charge in [0.05, 0.1) is 18.2 Å². The first-order chi connectivity index (χ1) is 6.84. The molecule has 3 rings (SSSR count). The SMILES string of the molecule is O=C1CC2CCc3ccccc3N2N1. The van der Waals surface area contributed by atoms with Crippen molar-refractivity contribution in [3.8, 4) is 0 Å². The molecule has 1 aromatic carbocycles. The summed E-state index contributed by atoms with van der Waals surface area (Å²) in [5, 5.41) is 2.03. The van der Waals surface area contributed by atoms with Crippen LogP contribution in [0.3, 0.4) is 0 Å². The zero-order valence-corrected chi connectivity index (χ0v) is 7.86. The Hall–Kier alpha value is -1.51. The molecule has 72 valence electrons. The van der Waals surface area contributed by atoms with Crippen LogP contribution in [0.5, 0.6) is 0 Å². The molecule has 14 heavy (non-hydrogen) atoms. The van der Waals surface area contributed by atoms with Crippen LogP contribution in [-0.4, -0.2) is 11.9 Å². The van der Waals surface area contributed by atoms with E-state index in [0.29, 0.717) is 12.5 Å². The molecule has 0 spiro atoms. The van der Waals surface area contributed by atoms with Gasteiger partial charge in [-0.15, -0.1) is 0 Å². The van der Waals surface area contributed by atoms with Crippen LogP contribution in [0, 0.1) is 0 Å². The Labute approximate surface area is 82.7 Å². The summed E-state index contributed by atoms with van der Waals surface area (Å²) < 4.78 is 0. The third-order valence-electron chi connectivity index (χ3n) is 3.03. The Kier molecular flexibility index (Phi) is 1.54. The van der Waals surface area contributed by atoms with Crippen molar-refractivity contribution in [2.75, 3.05) is 5.01 Å². The van der Waals surface area contributed by atoms with Crippen molar-refractivity contribution >= 4 is 11.6 Å². The van der Waals surface area contributed by atoms with Gasteiger partial charge >= 0.3 is 0 Å². The molecule has 3 nitrogen and oxygen atoms in total. The van der Waals surface area contributed by atoms with Gasteiger partial charge in [-0.3, -0.25) is 15.2 Å². The highest BCUT2D eigenvalue weighted by Crippen LogP contribution is 2.32. The molecule has 1 N–H and O–H groups in total. The molecule has 1 aromatic rings. The number of benzene rings is 1. The monoisotopic (exact) mass is 188 g/mol. The summed E-state index contributed by atoms with van der Waals surface area (Å²) >= 11 is 0. The highest BCUT2D eigenvalue weighted by atomic mass is 16.2. The summed E-state index contributed by atoms with van der Waals surface area (Å²) in [4.78, 5) is 11.3. The van der Waals surface area contributed by atoms with Crippen molar-refractivity contribution in [2.24, 2.45) is 0 Å². The zero-order valence-electron chi connectivity index (χ0n) is 7.86. The van der Waals surface area contributed by atoms with Gasteiger partial charge in [-0.25, -0.2) is 0 Å². The lowest BCUT2D eigenvalue weighted by atomic mass is 9.97. The van der Waals surface area contributed by atoms with Gasteiger partial charge in [0, 0.05) is 0 Å². The van der Waals surface area contributed by atoms with Crippen molar-refractivity contribution in [2.45, 2.75) is 25.3 Å². The van der Waals surface area contributed by atoms with Crippen molar-refractivity contribution in [3.05, 3.63) is 29.8 Å². The number of carbonyl (C=O) groups excluding carboxylic acids is 1. The molecule has 0 bridgehead atoms. The fourth-order valence-corrected chi connectivity index (χ4v) is 2.34. The lowest BCUT2D eigenvalue weighted by Gasteiger charge is -2.31. The molecule has 0 radical (unpaired) electrons. The van der Waals surface area contributed by atoms with E-state index in [-0.39, 0.29) is 5.91 Å². The molecular weight excluding hydrogens is 176 g/mol. The molecule has 1 unspecified atom stereocenters. The first kappa shape index (κ1) is 7.85. The molecule has 0 aromatic heterocycles. The Morgan fingerprint density at radius 2 is 2.21 bits per heavy atom. The summed E-state index contributed by atoms with van der Waals surface area (Å²) in [6.07, 6.45) is 2.82. The normalized spacial score (nSPS) is 24.1. The summed E-state index contributed by atoms with van der Waals surface area (Å²) in [6, 6.07) is 8.66. The third kappa shape index (κ3) is 1.02. The Bertz CT molecular complexity index is 389. The molecule has 0 saturated carbocycles. The van der Waals surface area contributed by atoms with Gasteiger partial charge in [0.1, 0.15) is 0 Å². The fraction of sp³-hybridized carbons (Fsp3) is 0.364. The molecule has 0 aliphatic carbocycles. The number of hydrazine groups is 1. The van der Waals surface area contributed by atoms with Gasteiger partial charge in [0.15, 0.2) is 0 Å². The van der Waals surface area contributed by atoms with E-state index in [2.05, 4.69) is 23.6 Å². The summed E-state index contributed by atoms with van der Waals surface area (Å²) in [5.41, 5.74) is 5.42. The van der Waals surface area contributed by atoms with Crippen molar-refractivity contribution < 1.29 is 4.79 Å². The summed E-state index contributed by atoms with van der Waals surface area (Å²) in [7, 11) is 0.